The number of pyridine rings is 1. The Labute approximate surface area is 106 Å². The molecule has 1 aromatic heterocycles. The van der Waals surface area contributed by atoms with Crippen LogP contribution in [0.5, 0.6) is 0 Å². The minimum absolute atomic E-state index is 0.0558. The molecule has 2 amide bonds. The highest BCUT2D eigenvalue weighted by Crippen LogP contribution is 2.09. The molecule has 1 aliphatic heterocycles. The standard InChI is InChI=1S/C13H17N3O2/c1-10(9-16-7-3-5-12(16)17)15-13(18)11-4-2-6-14-8-11/h2,4,6,8,10H,3,5,7,9H2,1H3,(H,15,18). The Morgan fingerprint density at radius 1 is 1.61 bits per heavy atom. The van der Waals surface area contributed by atoms with Crippen LogP contribution in [0.2, 0.25) is 0 Å². The normalized spacial score (nSPS) is 16.7. The van der Waals surface area contributed by atoms with E-state index in [2.05, 4.69) is 10.3 Å². The summed E-state index contributed by atoms with van der Waals surface area (Å²) in [5, 5.41) is 2.87. The van der Waals surface area contributed by atoms with Gasteiger partial charge in [0.25, 0.3) is 5.91 Å². The van der Waals surface area contributed by atoms with Crippen LogP contribution in [0.25, 0.3) is 0 Å². The summed E-state index contributed by atoms with van der Waals surface area (Å²) in [5.41, 5.74) is 0.539. The Morgan fingerprint density at radius 3 is 3.06 bits per heavy atom. The van der Waals surface area contributed by atoms with Crippen molar-refractivity contribution in [1.29, 1.82) is 0 Å². The van der Waals surface area contributed by atoms with Crippen LogP contribution in [0.1, 0.15) is 30.1 Å². The SMILES string of the molecule is CC(CN1CCCC1=O)NC(=O)c1cccnc1. The predicted octanol–water partition coefficient (Wildman–Crippen LogP) is 0.822. The van der Waals surface area contributed by atoms with Gasteiger partial charge in [-0.15, -0.1) is 0 Å². The average molecular weight is 247 g/mol. The summed E-state index contributed by atoms with van der Waals surface area (Å²) >= 11 is 0. The van der Waals surface area contributed by atoms with E-state index >= 15 is 0 Å². The highest BCUT2D eigenvalue weighted by atomic mass is 16.2. The van der Waals surface area contributed by atoms with Crippen LogP contribution in [-0.2, 0) is 4.79 Å². The lowest BCUT2D eigenvalue weighted by Crippen LogP contribution is -2.42. The first kappa shape index (κ1) is 12.5. The van der Waals surface area contributed by atoms with Gasteiger partial charge in [0.1, 0.15) is 0 Å². The van der Waals surface area contributed by atoms with Gasteiger partial charge in [-0.2, -0.15) is 0 Å². The molecule has 1 N–H and O–H groups in total. The number of likely N-dealkylation sites (tertiary alicyclic amines) is 1. The predicted molar refractivity (Wildman–Crippen MR) is 67.0 cm³/mol. The number of rotatable bonds is 4. The number of nitrogens with one attached hydrogen (secondary N) is 1. The topological polar surface area (TPSA) is 62.3 Å². The van der Waals surface area contributed by atoms with Gasteiger partial charge in [-0.05, 0) is 25.5 Å². The smallest absolute Gasteiger partial charge is 0.253 e. The molecule has 1 aromatic rings. The molecule has 2 rings (SSSR count). The van der Waals surface area contributed by atoms with Crippen molar-refractivity contribution in [3.63, 3.8) is 0 Å². The third kappa shape index (κ3) is 3.06. The van der Waals surface area contributed by atoms with Gasteiger partial charge in [-0.25, -0.2) is 0 Å². The third-order valence-electron chi connectivity index (χ3n) is 2.97. The van der Waals surface area contributed by atoms with Crippen LogP contribution in [-0.4, -0.2) is 40.8 Å². The molecule has 1 unspecified atom stereocenters. The molecule has 1 saturated heterocycles. The number of carbonyl (C=O) groups excluding carboxylic acids is 2. The monoisotopic (exact) mass is 247 g/mol. The fourth-order valence-corrected chi connectivity index (χ4v) is 2.08. The lowest BCUT2D eigenvalue weighted by atomic mass is 10.2. The fraction of sp³-hybridized carbons (Fsp3) is 0.462. The molecule has 0 aromatic carbocycles. The number of hydrogen-bond donors (Lipinski definition) is 1. The quantitative estimate of drug-likeness (QED) is 0.857. The number of amides is 2. The van der Waals surface area contributed by atoms with Crippen LogP contribution in [0.3, 0.4) is 0 Å². The summed E-state index contributed by atoms with van der Waals surface area (Å²) in [6.07, 6.45) is 4.71. The molecule has 0 aliphatic carbocycles. The molecular weight excluding hydrogens is 230 g/mol. The van der Waals surface area contributed by atoms with E-state index in [9.17, 15) is 9.59 Å². The molecule has 0 spiro atoms. The molecule has 96 valence electrons. The van der Waals surface area contributed by atoms with E-state index in [0.717, 1.165) is 13.0 Å². The Hall–Kier alpha value is -1.91. The first-order chi connectivity index (χ1) is 8.66. The molecular formula is C13H17N3O2. The van der Waals surface area contributed by atoms with Crippen LogP contribution < -0.4 is 5.32 Å². The minimum Gasteiger partial charge on any atom is -0.348 e. The molecule has 0 radical (unpaired) electrons. The van der Waals surface area contributed by atoms with Gasteiger partial charge >= 0.3 is 0 Å². The lowest BCUT2D eigenvalue weighted by molar-refractivity contribution is -0.127. The third-order valence-corrected chi connectivity index (χ3v) is 2.97. The van der Waals surface area contributed by atoms with Gasteiger partial charge in [0.15, 0.2) is 0 Å². The van der Waals surface area contributed by atoms with Gasteiger partial charge in [-0.1, -0.05) is 0 Å². The van der Waals surface area contributed by atoms with E-state index in [1.807, 2.05) is 6.92 Å². The van der Waals surface area contributed by atoms with Crippen LogP contribution in [0.15, 0.2) is 24.5 Å². The summed E-state index contributed by atoms with van der Waals surface area (Å²) in [6, 6.07) is 3.39. The van der Waals surface area contributed by atoms with Crippen molar-refractivity contribution in [1.82, 2.24) is 15.2 Å². The summed E-state index contributed by atoms with van der Waals surface area (Å²) in [5.74, 6) is 0.0275. The minimum atomic E-state index is -0.151. The van der Waals surface area contributed by atoms with Crippen molar-refractivity contribution in [2.45, 2.75) is 25.8 Å². The summed E-state index contributed by atoms with van der Waals surface area (Å²) < 4.78 is 0. The van der Waals surface area contributed by atoms with Gasteiger partial charge in [0.05, 0.1) is 5.56 Å². The summed E-state index contributed by atoms with van der Waals surface area (Å²) in [6.45, 7) is 3.27. The van der Waals surface area contributed by atoms with Crippen molar-refractivity contribution in [3.05, 3.63) is 30.1 Å². The second-order valence-corrected chi connectivity index (χ2v) is 4.56. The van der Waals surface area contributed by atoms with E-state index < -0.39 is 0 Å². The number of nitrogens with zero attached hydrogens (tertiary/aromatic N) is 2. The molecule has 5 heteroatoms. The number of carbonyl (C=O) groups is 2. The zero-order chi connectivity index (χ0) is 13.0. The maximum Gasteiger partial charge on any atom is 0.253 e. The van der Waals surface area contributed by atoms with E-state index in [1.165, 1.54) is 6.20 Å². The number of aromatic nitrogens is 1. The molecule has 1 aliphatic rings. The largest absolute Gasteiger partial charge is 0.348 e. The highest BCUT2D eigenvalue weighted by Gasteiger charge is 2.22. The Morgan fingerprint density at radius 2 is 2.44 bits per heavy atom. The van der Waals surface area contributed by atoms with Gasteiger partial charge in [0.2, 0.25) is 5.91 Å². The first-order valence-corrected chi connectivity index (χ1v) is 6.15. The molecule has 1 atom stereocenters. The van der Waals surface area contributed by atoms with E-state index in [1.54, 1.807) is 23.2 Å². The van der Waals surface area contributed by atoms with Crippen LogP contribution in [0, 0.1) is 0 Å². The molecule has 1 fully saturated rings. The molecule has 18 heavy (non-hydrogen) atoms. The maximum atomic E-state index is 11.9. The molecule has 0 saturated carbocycles. The highest BCUT2D eigenvalue weighted by molar-refractivity contribution is 5.94. The molecule has 0 bridgehead atoms. The van der Waals surface area contributed by atoms with E-state index in [-0.39, 0.29) is 17.9 Å². The molecule has 2 heterocycles. The van der Waals surface area contributed by atoms with Crippen LogP contribution in [0.4, 0.5) is 0 Å². The maximum absolute atomic E-state index is 11.9. The van der Waals surface area contributed by atoms with Gasteiger partial charge < -0.3 is 10.2 Å². The Balaban J connectivity index is 1.86. The Kier molecular flexibility index (Phi) is 3.92. The lowest BCUT2D eigenvalue weighted by Gasteiger charge is -2.21. The summed E-state index contributed by atoms with van der Waals surface area (Å²) in [4.78, 5) is 29.0. The van der Waals surface area contributed by atoms with Crippen molar-refractivity contribution in [2.24, 2.45) is 0 Å². The van der Waals surface area contributed by atoms with E-state index in [0.29, 0.717) is 18.5 Å². The van der Waals surface area contributed by atoms with Gasteiger partial charge in [-0.3, -0.25) is 14.6 Å². The fourth-order valence-electron chi connectivity index (χ4n) is 2.08. The second kappa shape index (κ2) is 5.62. The first-order valence-electron chi connectivity index (χ1n) is 6.15. The Bertz CT molecular complexity index is 433. The average Bonchev–Trinajstić information content (AvgIpc) is 2.76. The summed E-state index contributed by atoms with van der Waals surface area (Å²) in [7, 11) is 0. The van der Waals surface area contributed by atoms with Gasteiger partial charge in [0, 0.05) is 37.9 Å². The second-order valence-electron chi connectivity index (χ2n) is 4.56. The van der Waals surface area contributed by atoms with Crippen LogP contribution >= 0.6 is 0 Å². The van der Waals surface area contributed by atoms with Crippen molar-refractivity contribution in [2.75, 3.05) is 13.1 Å². The van der Waals surface area contributed by atoms with Crippen molar-refractivity contribution in [3.8, 4) is 0 Å². The van der Waals surface area contributed by atoms with E-state index in [4.69, 9.17) is 0 Å². The van der Waals surface area contributed by atoms with Crippen molar-refractivity contribution < 1.29 is 9.59 Å². The molecule has 5 nitrogen and oxygen atoms in total. The zero-order valence-electron chi connectivity index (χ0n) is 10.4. The number of hydrogen-bond acceptors (Lipinski definition) is 3. The van der Waals surface area contributed by atoms with Crippen molar-refractivity contribution >= 4 is 11.8 Å². The zero-order valence-corrected chi connectivity index (χ0v) is 10.4.